The average molecular weight is 265 g/mol. The van der Waals surface area contributed by atoms with Gasteiger partial charge in [-0.15, -0.1) is 0 Å². The molecule has 1 aliphatic heterocycles. The smallest absolute Gasteiger partial charge is 0.0368 e. The van der Waals surface area contributed by atoms with Crippen LogP contribution >= 0.6 is 0 Å². The topological polar surface area (TPSA) is 3.24 Å². The summed E-state index contributed by atoms with van der Waals surface area (Å²) in [6, 6.07) is 20.5. The molecule has 0 radical (unpaired) electrons. The first kappa shape index (κ1) is 13.2. The summed E-state index contributed by atoms with van der Waals surface area (Å²) < 4.78 is 0. The van der Waals surface area contributed by atoms with Gasteiger partial charge in [0.25, 0.3) is 0 Å². The Morgan fingerprint density at radius 1 is 0.950 bits per heavy atom. The van der Waals surface area contributed by atoms with Crippen molar-refractivity contribution in [2.24, 2.45) is 0 Å². The molecule has 1 heteroatoms. The van der Waals surface area contributed by atoms with Gasteiger partial charge in [0.15, 0.2) is 0 Å². The van der Waals surface area contributed by atoms with Gasteiger partial charge in [0.1, 0.15) is 0 Å². The van der Waals surface area contributed by atoms with Gasteiger partial charge in [0.05, 0.1) is 0 Å². The van der Waals surface area contributed by atoms with E-state index in [9.17, 15) is 0 Å². The van der Waals surface area contributed by atoms with E-state index in [4.69, 9.17) is 0 Å². The summed E-state index contributed by atoms with van der Waals surface area (Å²) in [5.41, 5.74) is 4.19. The lowest BCUT2D eigenvalue weighted by molar-refractivity contribution is 0.457. The van der Waals surface area contributed by atoms with Crippen LogP contribution in [0.1, 0.15) is 30.4 Å². The molecule has 0 aromatic heterocycles. The Morgan fingerprint density at radius 3 is 2.45 bits per heavy atom. The highest BCUT2D eigenvalue weighted by molar-refractivity contribution is 5.47. The average Bonchev–Trinajstić information content (AvgIpc) is 2.51. The maximum Gasteiger partial charge on any atom is 0.0368 e. The van der Waals surface area contributed by atoms with Crippen LogP contribution in [-0.4, -0.2) is 12.6 Å². The zero-order chi connectivity index (χ0) is 13.8. The molecule has 0 spiro atoms. The number of hydrogen-bond acceptors (Lipinski definition) is 1. The van der Waals surface area contributed by atoms with Gasteiger partial charge in [-0.1, -0.05) is 48.0 Å². The van der Waals surface area contributed by atoms with Crippen LogP contribution in [0.25, 0.3) is 0 Å². The van der Waals surface area contributed by atoms with Crippen molar-refractivity contribution in [1.82, 2.24) is 0 Å². The van der Waals surface area contributed by atoms with Crippen LogP contribution in [0.3, 0.4) is 0 Å². The van der Waals surface area contributed by atoms with Crippen LogP contribution in [-0.2, 0) is 6.42 Å². The third-order valence-electron chi connectivity index (χ3n) is 4.31. The Kier molecular flexibility index (Phi) is 4.05. The standard InChI is InChI=1S/C19H23N/c1-16-10-12-17(13-11-16)15-19-9-5-6-14-20(19)18-7-3-2-4-8-18/h2-4,7-8,10-13,19H,5-6,9,14-15H2,1H3. The highest BCUT2D eigenvalue weighted by Crippen LogP contribution is 2.26. The van der Waals surface area contributed by atoms with Crippen LogP contribution in [0.5, 0.6) is 0 Å². The van der Waals surface area contributed by atoms with Gasteiger partial charge in [-0.05, 0) is 50.3 Å². The van der Waals surface area contributed by atoms with Gasteiger partial charge in [0, 0.05) is 18.3 Å². The zero-order valence-corrected chi connectivity index (χ0v) is 12.3. The second-order valence-corrected chi connectivity index (χ2v) is 5.87. The maximum absolute atomic E-state index is 2.60. The maximum atomic E-state index is 2.60. The molecule has 104 valence electrons. The second-order valence-electron chi connectivity index (χ2n) is 5.87. The van der Waals surface area contributed by atoms with Gasteiger partial charge in [-0.3, -0.25) is 0 Å². The van der Waals surface area contributed by atoms with E-state index >= 15 is 0 Å². The molecule has 0 N–H and O–H groups in total. The minimum atomic E-state index is 0.647. The fraction of sp³-hybridized carbons (Fsp3) is 0.368. The van der Waals surface area contributed by atoms with Crippen molar-refractivity contribution in [2.75, 3.05) is 11.4 Å². The Morgan fingerprint density at radius 2 is 1.70 bits per heavy atom. The number of aryl methyl sites for hydroxylation is 1. The van der Waals surface area contributed by atoms with E-state index in [0.29, 0.717) is 6.04 Å². The van der Waals surface area contributed by atoms with Crippen LogP contribution in [0.4, 0.5) is 5.69 Å². The van der Waals surface area contributed by atoms with Gasteiger partial charge < -0.3 is 4.90 Å². The van der Waals surface area contributed by atoms with Crippen molar-refractivity contribution in [1.29, 1.82) is 0 Å². The van der Waals surface area contributed by atoms with Crippen molar-refractivity contribution in [3.05, 3.63) is 65.7 Å². The molecule has 20 heavy (non-hydrogen) atoms. The lowest BCUT2D eigenvalue weighted by atomic mass is 9.94. The molecule has 1 atom stereocenters. The van der Waals surface area contributed by atoms with Crippen LogP contribution < -0.4 is 4.90 Å². The van der Waals surface area contributed by atoms with E-state index in [-0.39, 0.29) is 0 Å². The van der Waals surface area contributed by atoms with Crippen LogP contribution in [0, 0.1) is 6.92 Å². The van der Waals surface area contributed by atoms with E-state index in [2.05, 4.69) is 66.4 Å². The zero-order valence-electron chi connectivity index (χ0n) is 12.3. The summed E-state index contributed by atoms with van der Waals surface area (Å²) in [7, 11) is 0. The molecule has 1 fully saturated rings. The molecule has 0 bridgehead atoms. The number of nitrogens with zero attached hydrogens (tertiary/aromatic N) is 1. The number of anilines is 1. The quantitative estimate of drug-likeness (QED) is 0.784. The van der Waals surface area contributed by atoms with Crippen molar-refractivity contribution in [2.45, 2.75) is 38.6 Å². The Balaban J connectivity index is 1.77. The summed E-state index contributed by atoms with van der Waals surface area (Å²) in [6.45, 7) is 3.35. The summed E-state index contributed by atoms with van der Waals surface area (Å²) in [4.78, 5) is 2.60. The van der Waals surface area contributed by atoms with Crippen molar-refractivity contribution in [3.8, 4) is 0 Å². The molecule has 1 nitrogen and oxygen atoms in total. The van der Waals surface area contributed by atoms with E-state index in [1.165, 1.54) is 42.6 Å². The number of para-hydroxylation sites is 1. The molecule has 3 rings (SSSR count). The highest BCUT2D eigenvalue weighted by Gasteiger charge is 2.22. The largest absolute Gasteiger partial charge is 0.368 e. The van der Waals surface area contributed by atoms with E-state index in [1.54, 1.807) is 0 Å². The Bertz CT molecular complexity index is 529. The molecule has 2 aromatic carbocycles. The first-order valence-electron chi connectivity index (χ1n) is 7.70. The molecule has 0 aliphatic carbocycles. The first-order chi connectivity index (χ1) is 9.83. The third kappa shape index (κ3) is 3.04. The lowest BCUT2D eigenvalue weighted by Crippen LogP contribution is -2.40. The van der Waals surface area contributed by atoms with Gasteiger partial charge in [0.2, 0.25) is 0 Å². The third-order valence-corrected chi connectivity index (χ3v) is 4.31. The van der Waals surface area contributed by atoms with E-state index in [0.717, 1.165) is 6.42 Å². The minimum absolute atomic E-state index is 0.647. The van der Waals surface area contributed by atoms with Gasteiger partial charge in [-0.25, -0.2) is 0 Å². The van der Waals surface area contributed by atoms with Crippen LogP contribution in [0.15, 0.2) is 54.6 Å². The molecule has 0 saturated carbocycles. The molecule has 2 aromatic rings. The molecule has 1 unspecified atom stereocenters. The van der Waals surface area contributed by atoms with E-state index < -0.39 is 0 Å². The summed E-state index contributed by atoms with van der Waals surface area (Å²) in [5.74, 6) is 0. The Hall–Kier alpha value is -1.76. The molecule has 1 aliphatic rings. The SMILES string of the molecule is Cc1ccc(CC2CCCCN2c2ccccc2)cc1. The fourth-order valence-corrected chi connectivity index (χ4v) is 3.17. The second kappa shape index (κ2) is 6.13. The number of hydrogen-bond donors (Lipinski definition) is 0. The number of rotatable bonds is 3. The summed E-state index contributed by atoms with van der Waals surface area (Å²) in [5, 5.41) is 0. The normalized spacial score (nSPS) is 19.1. The van der Waals surface area contributed by atoms with Crippen molar-refractivity contribution in [3.63, 3.8) is 0 Å². The molecular formula is C19H23N. The summed E-state index contributed by atoms with van der Waals surface area (Å²) >= 11 is 0. The van der Waals surface area contributed by atoms with Crippen LogP contribution in [0.2, 0.25) is 0 Å². The fourth-order valence-electron chi connectivity index (χ4n) is 3.17. The lowest BCUT2D eigenvalue weighted by Gasteiger charge is -2.38. The molecular weight excluding hydrogens is 242 g/mol. The van der Waals surface area contributed by atoms with E-state index in [1.807, 2.05) is 0 Å². The summed E-state index contributed by atoms with van der Waals surface area (Å²) in [6.07, 6.45) is 5.15. The van der Waals surface area contributed by atoms with Crippen molar-refractivity contribution >= 4 is 5.69 Å². The highest BCUT2D eigenvalue weighted by atomic mass is 15.2. The molecule has 0 amide bonds. The molecule has 1 saturated heterocycles. The van der Waals surface area contributed by atoms with Gasteiger partial charge >= 0.3 is 0 Å². The predicted octanol–water partition coefficient (Wildman–Crippen LogP) is 4.60. The minimum Gasteiger partial charge on any atom is -0.368 e. The predicted molar refractivity (Wildman–Crippen MR) is 86.3 cm³/mol. The number of benzene rings is 2. The van der Waals surface area contributed by atoms with Crippen molar-refractivity contribution < 1.29 is 0 Å². The Labute approximate surface area is 122 Å². The monoisotopic (exact) mass is 265 g/mol. The molecule has 1 heterocycles. The first-order valence-corrected chi connectivity index (χ1v) is 7.70. The van der Waals surface area contributed by atoms with Gasteiger partial charge in [-0.2, -0.15) is 0 Å². The number of piperidine rings is 1.